The fourth-order valence-corrected chi connectivity index (χ4v) is 3.63. The third kappa shape index (κ3) is 4.36. The summed E-state index contributed by atoms with van der Waals surface area (Å²) < 4.78 is 17.3. The lowest BCUT2D eigenvalue weighted by molar-refractivity contribution is 0.0196. The second kappa shape index (κ2) is 8.73. The maximum absolute atomic E-state index is 10.7. The summed E-state index contributed by atoms with van der Waals surface area (Å²) in [6.07, 6.45) is 1.38. The number of aromatic hydroxyl groups is 2. The molecule has 2 heterocycles. The Bertz CT molecular complexity index is 1070. The van der Waals surface area contributed by atoms with Crippen LogP contribution in [0.1, 0.15) is 35.4 Å². The van der Waals surface area contributed by atoms with Crippen molar-refractivity contribution in [3.05, 3.63) is 71.0 Å². The van der Waals surface area contributed by atoms with Gasteiger partial charge in [-0.05, 0) is 35.7 Å². The van der Waals surface area contributed by atoms with Crippen molar-refractivity contribution in [1.29, 1.82) is 0 Å². The average molecular weight is 423 g/mol. The number of nitrogens with zero attached hydrogens (tertiary/aromatic N) is 1. The largest absolute Gasteiger partial charge is 0.508 e. The molecule has 7 nitrogen and oxygen atoms in total. The second-order valence-electron chi connectivity index (χ2n) is 7.46. The van der Waals surface area contributed by atoms with Gasteiger partial charge in [0.25, 0.3) is 0 Å². The highest BCUT2D eigenvalue weighted by Crippen LogP contribution is 2.43. The van der Waals surface area contributed by atoms with Crippen LogP contribution in [0.5, 0.6) is 28.7 Å². The molecule has 2 atom stereocenters. The van der Waals surface area contributed by atoms with Crippen molar-refractivity contribution in [2.45, 2.75) is 38.6 Å². The minimum Gasteiger partial charge on any atom is -0.508 e. The number of hydrogen-bond acceptors (Lipinski definition) is 7. The van der Waals surface area contributed by atoms with Crippen molar-refractivity contribution in [1.82, 2.24) is 4.98 Å². The Labute approximate surface area is 180 Å². The zero-order chi connectivity index (χ0) is 22.0. The van der Waals surface area contributed by atoms with Crippen LogP contribution in [0, 0.1) is 0 Å². The van der Waals surface area contributed by atoms with E-state index in [-0.39, 0.29) is 24.5 Å². The van der Waals surface area contributed by atoms with Crippen LogP contribution in [-0.2, 0) is 19.4 Å². The summed E-state index contributed by atoms with van der Waals surface area (Å²) in [5, 5.41) is 30.5. The van der Waals surface area contributed by atoms with Crippen molar-refractivity contribution in [2.24, 2.45) is 0 Å². The number of rotatable bonds is 6. The van der Waals surface area contributed by atoms with Crippen LogP contribution in [0.4, 0.5) is 0 Å². The third-order valence-electron chi connectivity index (χ3n) is 5.37. The fourth-order valence-electron chi connectivity index (χ4n) is 3.63. The van der Waals surface area contributed by atoms with Crippen molar-refractivity contribution in [2.75, 3.05) is 7.11 Å². The van der Waals surface area contributed by atoms with Gasteiger partial charge >= 0.3 is 0 Å². The van der Waals surface area contributed by atoms with E-state index in [4.69, 9.17) is 14.2 Å². The van der Waals surface area contributed by atoms with E-state index >= 15 is 0 Å². The van der Waals surface area contributed by atoms with Crippen molar-refractivity contribution in [3.8, 4) is 28.7 Å². The Hall–Kier alpha value is -3.45. The number of aliphatic hydroxyl groups excluding tert-OH is 1. The molecule has 31 heavy (non-hydrogen) atoms. The molecule has 0 saturated heterocycles. The first kappa shape index (κ1) is 20.8. The predicted octanol–water partition coefficient (Wildman–Crippen LogP) is 3.68. The van der Waals surface area contributed by atoms with Gasteiger partial charge in [-0.2, -0.15) is 0 Å². The van der Waals surface area contributed by atoms with Crippen molar-refractivity contribution < 1.29 is 29.5 Å². The van der Waals surface area contributed by atoms with Crippen LogP contribution in [0.3, 0.4) is 0 Å². The van der Waals surface area contributed by atoms with Gasteiger partial charge in [-0.25, -0.2) is 0 Å². The number of methoxy groups -OCH3 is 1. The molecule has 0 bridgehead atoms. The van der Waals surface area contributed by atoms with Crippen LogP contribution in [-0.4, -0.2) is 33.5 Å². The highest BCUT2D eigenvalue weighted by Gasteiger charge is 2.32. The Balaban J connectivity index is 1.57. The molecule has 0 aliphatic carbocycles. The van der Waals surface area contributed by atoms with E-state index in [1.54, 1.807) is 25.3 Å². The summed E-state index contributed by atoms with van der Waals surface area (Å²) in [6.45, 7) is 2.34. The Kier molecular flexibility index (Phi) is 5.86. The maximum atomic E-state index is 10.7. The maximum Gasteiger partial charge on any atom is 0.162 e. The molecule has 0 amide bonds. The molecular formula is C24H25NO6. The summed E-state index contributed by atoms with van der Waals surface area (Å²) in [7, 11) is 1.56. The molecular weight excluding hydrogens is 398 g/mol. The number of hydrogen-bond donors (Lipinski definition) is 3. The molecule has 7 heteroatoms. The number of ether oxygens (including phenoxy) is 3. The van der Waals surface area contributed by atoms with E-state index in [0.717, 1.165) is 17.7 Å². The first-order valence-electron chi connectivity index (χ1n) is 10.1. The van der Waals surface area contributed by atoms with Gasteiger partial charge in [0.2, 0.25) is 0 Å². The molecule has 2 aromatic carbocycles. The molecule has 0 radical (unpaired) electrons. The van der Waals surface area contributed by atoms with Crippen LogP contribution in [0.2, 0.25) is 0 Å². The number of aryl methyl sites for hydroxylation is 1. The lowest BCUT2D eigenvalue weighted by Crippen LogP contribution is -2.30. The summed E-state index contributed by atoms with van der Waals surface area (Å²) in [6, 6.07) is 11.9. The highest BCUT2D eigenvalue weighted by atomic mass is 16.5. The predicted molar refractivity (Wildman–Crippen MR) is 114 cm³/mol. The Morgan fingerprint density at radius 1 is 1.10 bits per heavy atom. The van der Waals surface area contributed by atoms with Crippen LogP contribution in [0.15, 0.2) is 48.7 Å². The minimum atomic E-state index is -0.882. The van der Waals surface area contributed by atoms with E-state index < -0.39 is 12.2 Å². The Morgan fingerprint density at radius 3 is 2.65 bits per heavy atom. The Morgan fingerprint density at radius 2 is 1.94 bits per heavy atom. The van der Waals surface area contributed by atoms with Gasteiger partial charge in [-0.3, -0.25) is 4.98 Å². The summed E-state index contributed by atoms with van der Waals surface area (Å²) in [5.41, 5.74) is 3.10. The lowest BCUT2D eigenvalue weighted by atomic mass is 9.94. The molecule has 3 aromatic rings. The van der Waals surface area contributed by atoms with Gasteiger partial charge in [0.05, 0.1) is 18.9 Å². The first-order valence-corrected chi connectivity index (χ1v) is 10.1. The topological polar surface area (TPSA) is 101 Å². The molecule has 162 valence electrons. The quantitative estimate of drug-likeness (QED) is 0.556. The van der Waals surface area contributed by atoms with E-state index in [0.29, 0.717) is 28.4 Å². The molecule has 0 saturated carbocycles. The normalized spacial score (nSPS) is 17.5. The molecule has 3 N–H and O–H groups in total. The van der Waals surface area contributed by atoms with Crippen molar-refractivity contribution >= 4 is 0 Å². The number of aliphatic hydroxyl groups is 1. The summed E-state index contributed by atoms with van der Waals surface area (Å²) in [4.78, 5) is 4.41. The lowest BCUT2D eigenvalue weighted by Gasteiger charge is -2.31. The fraction of sp³-hybridized carbons (Fsp3) is 0.292. The number of benzene rings is 2. The van der Waals surface area contributed by atoms with E-state index in [9.17, 15) is 15.3 Å². The standard InChI is InChI=1S/C24H25NO6/c1-3-14-4-6-16(25-12-14)13-30-23-8-15(5-7-21(23)29-2)24-20(28)11-18-19(27)9-17(26)10-22(18)31-24/h4-10,12,20,24,26-28H,3,11,13H2,1-2H3. The molecule has 0 fully saturated rings. The SMILES string of the molecule is CCc1ccc(COc2cc(C3Oc4cc(O)cc(O)c4CC3O)ccc2OC)nc1. The average Bonchev–Trinajstić information content (AvgIpc) is 2.78. The highest BCUT2D eigenvalue weighted by molar-refractivity contribution is 5.52. The first-order chi connectivity index (χ1) is 15.0. The summed E-state index contributed by atoms with van der Waals surface area (Å²) in [5.74, 6) is 1.18. The molecule has 1 aliphatic rings. The molecule has 2 unspecified atom stereocenters. The molecule has 1 aliphatic heterocycles. The van der Waals surface area contributed by atoms with Gasteiger partial charge in [-0.1, -0.05) is 19.1 Å². The van der Waals surface area contributed by atoms with Gasteiger partial charge in [0.15, 0.2) is 11.5 Å². The summed E-state index contributed by atoms with van der Waals surface area (Å²) >= 11 is 0. The zero-order valence-corrected chi connectivity index (χ0v) is 17.4. The molecule has 0 spiro atoms. The van der Waals surface area contributed by atoms with Gasteiger partial charge in [0.1, 0.15) is 30.0 Å². The van der Waals surface area contributed by atoms with Crippen LogP contribution < -0.4 is 14.2 Å². The van der Waals surface area contributed by atoms with Crippen LogP contribution >= 0.6 is 0 Å². The van der Waals surface area contributed by atoms with Gasteiger partial charge < -0.3 is 29.5 Å². The monoisotopic (exact) mass is 423 g/mol. The number of aromatic nitrogens is 1. The van der Waals surface area contributed by atoms with E-state index in [2.05, 4.69) is 11.9 Å². The van der Waals surface area contributed by atoms with Crippen molar-refractivity contribution in [3.63, 3.8) is 0 Å². The van der Waals surface area contributed by atoms with Gasteiger partial charge in [0, 0.05) is 30.3 Å². The van der Waals surface area contributed by atoms with E-state index in [1.165, 1.54) is 12.1 Å². The van der Waals surface area contributed by atoms with Gasteiger partial charge in [-0.15, -0.1) is 0 Å². The second-order valence-corrected chi connectivity index (χ2v) is 7.46. The zero-order valence-electron chi connectivity index (χ0n) is 17.4. The number of pyridine rings is 1. The third-order valence-corrected chi connectivity index (χ3v) is 5.37. The minimum absolute atomic E-state index is 0.104. The van der Waals surface area contributed by atoms with E-state index in [1.807, 2.05) is 18.3 Å². The molecule has 4 rings (SSSR count). The number of fused-ring (bicyclic) bond motifs is 1. The number of phenols is 2. The number of phenolic OH excluding ortho intramolecular Hbond substituents is 2. The molecule has 1 aromatic heterocycles. The van der Waals surface area contributed by atoms with Crippen LogP contribution in [0.25, 0.3) is 0 Å². The smallest absolute Gasteiger partial charge is 0.162 e.